The van der Waals surface area contributed by atoms with Gasteiger partial charge in [-0.1, -0.05) is 13.0 Å². The zero-order valence-electron chi connectivity index (χ0n) is 13.5. The van der Waals surface area contributed by atoms with E-state index < -0.39 is 24.7 Å². The molecule has 0 aliphatic heterocycles. The highest BCUT2D eigenvalue weighted by Gasteiger charge is 2.28. The Morgan fingerprint density at radius 3 is 2.40 bits per heavy atom. The third-order valence-electron chi connectivity index (χ3n) is 2.92. The molecule has 0 aromatic carbocycles. The van der Waals surface area contributed by atoms with E-state index in [1.165, 1.54) is 21.6 Å². The molecule has 11 heteroatoms. The van der Waals surface area contributed by atoms with Crippen LogP contribution in [0.3, 0.4) is 0 Å². The molecule has 25 heavy (non-hydrogen) atoms. The van der Waals surface area contributed by atoms with Gasteiger partial charge in [0.2, 0.25) is 11.8 Å². The number of imide groups is 1. The monoisotopic (exact) mass is 380 g/mol. The van der Waals surface area contributed by atoms with Crippen LogP contribution in [0.15, 0.2) is 17.5 Å². The highest BCUT2D eigenvalue weighted by Crippen LogP contribution is 2.11. The quantitative estimate of drug-likeness (QED) is 0.629. The maximum absolute atomic E-state index is 12.0. The van der Waals surface area contributed by atoms with Crippen molar-refractivity contribution in [2.75, 3.05) is 26.2 Å². The lowest BCUT2D eigenvalue weighted by atomic mass is 10.4. The molecule has 1 heterocycles. The maximum atomic E-state index is 12.0. The minimum absolute atomic E-state index is 0.0700. The number of nitrogens with one attached hydrogen (secondary N) is 3. The van der Waals surface area contributed by atoms with Crippen LogP contribution in [0.1, 0.15) is 11.8 Å². The third kappa shape index (κ3) is 9.67. The standard InChI is InChI=1S/C14H19F3N4O3S/c1-2-21(7-11(22)18-6-10-4-3-5-25-10)8-12(23)20-13(24)19-9-14(15,16)17/h3-5H,2,6-9H2,1H3,(H,18,22)(H2,19,20,23,24). The Balaban J connectivity index is 2.32. The zero-order valence-corrected chi connectivity index (χ0v) is 14.3. The number of alkyl halides is 3. The van der Waals surface area contributed by atoms with Crippen LogP contribution < -0.4 is 16.0 Å². The molecule has 1 rings (SSSR count). The molecular formula is C14H19F3N4O3S. The van der Waals surface area contributed by atoms with E-state index in [9.17, 15) is 27.6 Å². The zero-order chi connectivity index (χ0) is 18.9. The lowest BCUT2D eigenvalue weighted by Crippen LogP contribution is -2.48. The summed E-state index contributed by atoms with van der Waals surface area (Å²) in [5.41, 5.74) is 0. The second-order valence-electron chi connectivity index (χ2n) is 5.01. The topological polar surface area (TPSA) is 90.5 Å². The predicted octanol–water partition coefficient (Wildman–Crippen LogP) is 1.07. The SMILES string of the molecule is CCN(CC(=O)NCc1cccs1)CC(=O)NC(=O)NCC(F)(F)F. The van der Waals surface area contributed by atoms with Gasteiger partial charge in [-0.25, -0.2) is 4.79 Å². The highest BCUT2D eigenvalue weighted by molar-refractivity contribution is 7.09. The molecule has 0 radical (unpaired) electrons. The van der Waals surface area contributed by atoms with Crippen molar-refractivity contribution in [1.29, 1.82) is 0 Å². The molecule has 1 aromatic rings. The molecule has 0 unspecified atom stereocenters. The number of halogens is 3. The average molecular weight is 380 g/mol. The maximum Gasteiger partial charge on any atom is 0.405 e. The van der Waals surface area contributed by atoms with E-state index in [2.05, 4.69) is 5.32 Å². The number of nitrogens with zero attached hydrogens (tertiary/aromatic N) is 1. The summed E-state index contributed by atoms with van der Waals surface area (Å²) >= 11 is 1.50. The molecule has 0 bridgehead atoms. The van der Waals surface area contributed by atoms with Gasteiger partial charge in [0.25, 0.3) is 0 Å². The molecule has 4 amide bonds. The molecule has 7 nitrogen and oxygen atoms in total. The molecule has 3 N–H and O–H groups in total. The van der Waals surface area contributed by atoms with Crippen LogP contribution in [0.4, 0.5) is 18.0 Å². The van der Waals surface area contributed by atoms with Crippen LogP contribution in [0.5, 0.6) is 0 Å². The normalized spacial score (nSPS) is 11.2. The number of carbonyl (C=O) groups is 3. The Kier molecular flexibility index (Phi) is 8.35. The fraction of sp³-hybridized carbons (Fsp3) is 0.500. The van der Waals surface area contributed by atoms with Crippen molar-refractivity contribution in [3.63, 3.8) is 0 Å². The van der Waals surface area contributed by atoms with Gasteiger partial charge >= 0.3 is 12.2 Å². The van der Waals surface area contributed by atoms with E-state index in [-0.39, 0.29) is 19.0 Å². The van der Waals surface area contributed by atoms with Gasteiger partial charge in [0.15, 0.2) is 0 Å². The van der Waals surface area contributed by atoms with E-state index in [0.717, 1.165) is 4.88 Å². The molecule has 0 saturated heterocycles. The third-order valence-corrected chi connectivity index (χ3v) is 3.80. The summed E-state index contributed by atoms with van der Waals surface area (Å²) in [6.45, 7) is 0.546. The lowest BCUT2D eigenvalue weighted by molar-refractivity contribution is -0.126. The van der Waals surface area contributed by atoms with Crippen LogP contribution in [0.25, 0.3) is 0 Å². The molecular weight excluding hydrogens is 361 g/mol. The Hall–Kier alpha value is -2.14. The molecule has 0 atom stereocenters. The first-order chi connectivity index (χ1) is 11.7. The van der Waals surface area contributed by atoms with Crippen molar-refractivity contribution in [3.8, 4) is 0 Å². The van der Waals surface area contributed by atoms with Crippen LogP contribution in [-0.4, -0.2) is 55.1 Å². The molecule has 0 aliphatic carbocycles. The van der Waals surface area contributed by atoms with E-state index in [4.69, 9.17) is 0 Å². The van der Waals surface area contributed by atoms with Crippen LogP contribution >= 0.6 is 11.3 Å². The highest BCUT2D eigenvalue weighted by atomic mass is 32.1. The number of hydrogen-bond donors (Lipinski definition) is 3. The van der Waals surface area contributed by atoms with Crippen molar-refractivity contribution in [1.82, 2.24) is 20.9 Å². The number of carbonyl (C=O) groups excluding carboxylic acids is 3. The smallest absolute Gasteiger partial charge is 0.350 e. The van der Waals surface area contributed by atoms with Gasteiger partial charge in [-0.05, 0) is 18.0 Å². The van der Waals surface area contributed by atoms with Gasteiger partial charge < -0.3 is 10.6 Å². The Morgan fingerprint density at radius 1 is 1.16 bits per heavy atom. The van der Waals surface area contributed by atoms with Crippen molar-refractivity contribution in [3.05, 3.63) is 22.4 Å². The summed E-state index contributed by atoms with van der Waals surface area (Å²) in [5.74, 6) is -1.10. The number of hydrogen-bond acceptors (Lipinski definition) is 5. The molecule has 0 aliphatic rings. The van der Waals surface area contributed by atoms with E-state index in [0.29, 0.717) is 13.1 Å². The van der Waals surface area contributed by atoms with Crippen molar-refractivity contribution in [2.24, 2.45) is 0 Å². The van der Waals surface area contributed by atoms with E-state index in [1.807, 2.05) is 17.5 Å². The molecule has 0 fully saturated rings. The first-order valence-electron chi connectivity index (χ1n) is 7.35. The summed E-state index contributed by atoms with van der Waals surface area (Å²) in [6, 6.07) is 2.49. The van der Waals surface area contributed by atoms with Gasteiger partial charge in [-0.15, -0.1) is 11.3 Å². The van der Waals surface area contributed by atoms with Crippen LogP contribution in [0.2, 0.25) is 0 Å². The Bertz CT molecular complexity index is 578. The summed E-state index contributed by atoms with van der Waals surface area (Å²) in [5, 5.41) is 7.89. The molecule has 1 aromatic heterocycles. The number of urea groups is 1. The summed E-state index contributed by atoms with van der Waals surface area (Å²) in [6.07, 6.45) is -4.56. The van der Waals surface area contributed by atoms with Gasteiger partial charge in [-0.3, -0.25) is 19.8 Å². The summed E-state index contributed by atoms with van der Waals surface area (Å²) < 4.78 is 35.9. The first-order valence-corrected chi connectivity index (χ1v) is 8.23. The number of amides is 4. The van der Waals surface area contributed by atoms with Crippen LogP contribution in [0, 0.1) is 0 Å². The molecule has 140 valence electrons. The molecule has 0 saturated carbocycles. The largest absolute Gasteiger partial charge is 0.405 e. The van der Waals surface area contributed by atoms with E-state index in [1.54, 1.807) is 12.2 Å². The van der Waals surface area contributed by atoms with Gasteiger partial charge in [-0.2, -0.15) is 13.2 Å². The van der Waals surface area contributed by atoms with Crippen molar-refractivity contribution < 1.29 is 27.6 Å². The average Bonchev–Trinajstić information content (AvgIpc) is 3.03. The minimum atomic E-state index is -4.56. The van der Waals surface area contributed by atoms with Gasteiger partial charge in [0, 0.05) is 4.88 Å². The summed E-state index contributed by atoms with van der Waals surface area (Å²) in [7, 11) is 0. The Labute approximate surface area is 146 Å². The van der Waals surface area contributed by atoms with Crippen LogP contribution in [-0.2, 0) is 16.1 Å². The predicted molar refractivity (Wildman–Crippen MR) is 85.9 cm³/mol. The number of likely N-dealkylation sites (N-methyl/N-ethyl adjacent to an activating group) is 1. The minimum Gasteiger partial charge on any atom is -0.350 e. The second kappa shape index (κ2) is 9.99. The molecule has 0 spiro atoms. The number of thiophene rings is 1. The van der Waals surface area contributed by atoms with Gasteiger partial charge in [0.1, 0.15) is 6.54 Å². The van der Waals surface area contributed by atoms with Crippen molar-refractivity contribution >= 4 is 29.2 Å². The first kappa shape index (κ1) is 20.9. The second-order valence-corrected chi connectivity index (χ2v) is 6.04. The van der Waals surface area contributed by atoms with Gasteiger partial charge in [0.05, 0.1) is 19.6 Å². The fourth-order valence-electron chi connectivity index (χ4n) is 1.73. The number of rotatable bonds is 8. The van der Waals surface area contributed by atoms with Crippen molar-refractivity contribution in [2.45, 2.75) is 19.6 Å². The summed E-state index contributed by atoms with van der Waals surface area (Å²) in [4.78, 5) is 37.1. The fourth-order valence-corrected chi connectivity index (χ4v) is 2.38. The Morgan fingerprint density at radius 2 is 1.84 bits per heavy atom. The van der Waals surface area contributed by atoms with E-state index >= 15 is 0 Å². The lowest BCUT2D eigenvalue weighted by Gasteiger charge is -2.19.